The minimum absolute atomic E-state index is 0.0112. The Morgan fingerprint density at radius 1 is 1.27 bits per heavy atom. The lowest BCUT2D eigenvalue weighted by molar-refractivity contribution is -0.133. The molecule has 0 spiro atoms. The van der Waals surface area contributed by atoms with Crippen molar-refractivity contribution in [2.75, 3.05) is 24.5 Å². The minimum Gasteiger partial charge on any atom is -0.354 e. The van der Waals surface area contributed by atoms with E-state index in [0.717, 1.165) is 31.6 Å². The maximum Gasteiger partial charge on any atom is 0.327 e. The van der Waals surface area contributed by atoms with Crippen molar-refractivity contribution in [3.63, 3.8) is 0 Å². The fraction of sp³-hybridized carbons (Fsp3) is 0.562. The zero-order chi connectivity index (χ0) is 15.3. The number of fused-ring (bicyclic) bond motifs is 1. The second-order valence-electron chi connectivity index (χ2n) is 6.56. The molecular formula is C16H20N4O2. The van der Waals surface area contributed by atoms with E-state index in [1.165, 1.54) is 4.90 Å². The number of anilines is 1. The number of amides is 3. The van der Waals surface area contributed by atoms with Crippen LogP contribution < -0.4 is 4.90 Å². The molecule has 3 aliphatic heterocycles. The molecule has 3 fully saturated rings. The van der Waals surface area contributed by atoms with E-state index in [2.05, 4.69) is 9.88 Å². The average molecular weight is 300 g/mol. The molecule has 3 amide bonds. The number of carbonyl (C=O) groups excluding carboxylic acids is 2. The molecule has 0 aliphatic carbocycles. The van der Waals surface area contributed by atoms with Crippen LogP contribution in [-0.2, 0) is 4.79 Å². The van der Waals surface area contributed by atoms with Crippen molar-refractivity contribution in [3.05, 3.63) is 24.4 Å². The molecule has 0 saturated carbocycles. The number of aromatic nitrogens is 1. The van der Waals surface area contributed by atoms with Crippen molar-refractivity contribution < 1.29 is 9.59 Å². The highest BCUT2D eigenvalue weighted by molar-refractivity contribution is 6.07. The van der Waals surface area contributed by atoms with Crippen LogP contribution in [0.2, 0.25) is 0 Å². The Kier molecular flexibility index (Phi) is 2.89. The fourth-order valence-corrected chi connectivity index (χ4v) is 3.99. The zero-order valence-electron chi connectivity index (χ0n) is 12.7. The third-order valence-electron chi connectivity index (χ3n) is 5.26. The van der Waals surface area contributed by atoms with E-state index in [1.807, 2.05) is 25.1 Å². The van der Waals surface area contributed by atoms with Gasteiger partial charge in [0.1, 0.15) is 11.4 Å². The molecule has 2 atom stereocenters. The Balaban J connectivity index is 1.54. The van der Waals surface area contributed by atoms with Crippen molar-refractivity contribution in [2.24, 2.45) is 0 Å². The van der Waals surface area contributed by atoms with Gasteiger partial charge in [0.25, 0.3) is 5.91 Å². The summed E-state index contributed by atoms with van der Waals surface area (Å²) in [5.74, 6) is 0.902. The van der Waals surface area contributed by atoms with Crippen molar-refractivity contribution in [3.8, 4) is 0 Å². The molecule has 3 saturated heterocycles. The second kappa shape index (κ2) is 4.69. The zero-order valence-corrected chi connectivity index (χ0v) is 12.7. The third kappa shape index (κ3) is 1.76. The Bertz CT molecular complexity index is 620. The Morgan fingerprint density at radius 2 is 2.14 bits per heavy atom. The highest BCUT2D eigenvalue weighted by Gasteiger charge is 2.58. The lowest BCUT2D eigenvalue weighted by Crippen LogP contribution is -2.45. The first kappa shape index (κ1) is 13.5. The molecule has 4 heterocycles. The van der Waals surface area contributed by atoms with Crippen molar-refractivity contribution >= 4 is 17.8 Å². The summed E-state index contributed by atoms with van der Waals surface area (Å²) in [6.07, 6.45) is 4.29. The average Bonchev–Trinajstić information content (AvgIpc) is 3.19. The van der Waals surface area contributed by atoms with Gasteiger partial charge in [-0.15, -0.1) is 0 Å². The summed E-state index contributed by atoms with van der Waals surface area (Å²) >= 11 is 0. The highest BCUT2D eigenvalue weighted by Crippen LogP contribution is 2.39. The Labute approximate surface area is 129 Å². The summed E-state index contributed by atoms with van der Waals surface area (Å²) in [5.41, 5.74) is -0.602. The summed E-state index contributed by atoms with van der Waals surface area (Å²) in [5, 5.41) is 0. The van der Waals surface area contributed by atoms with Crippen molar-refractivity contribution in [2.45, 2.75) is 37.8 Å². The standard InChI is InChI=1S/C16H20N4O2/c1-16-7-4-9-19(16)15(22)20(14(16)21)12-6-10-18(11-12)13-5-2-3-8-17-13/h2-3,5,8,12H,4,6-7,9-11H2,1H3/t12-,16-/m1/s1. The molecule has 0 radical (unpaired) electrons. The number of carbonyl (C=O) groups is 2. The van der Waals surface area contributed by atoms with E-state index >= 15 is 0 Å². The van der Waals surface area contributed by atoms with Gasteiger partial charge in [-0.1, -0.05) is 6.07 Å². The Morgan fingerprint density at radius 3 is 2.86 bits per heavy atom. The first-order valence-electron chi connectivity index (χ1n) is 7.92. The van der Waals surface area contributed by atoms with E-state index in [1.54, 1.807) is 11.1 Å². The summed E-state index contributed by atoms with van der Waals surface area (Å²) in [6.45, 7) is 4.12. The second-order valence-corrected chi connectivity index (χ2v) is 6.56. The Hall–Kier alpha value is -2.11. The normalized spacial score (nSPS) is 31.3. The summed E-state index contributed by atoms with van der Waals surface area (Å²) in [6, 6.07) is 5.68. The SMILES string of the molecule is C[C@]12CCCN1C(=O)N([C@@H]1CCN(c3ccccn3)C1)C2=O. The molecule has 0 bridgehead atoms. The first-order chi connectivity index (χ1) is 10.6. The minimum atomic E-state index is -0.602. The molecule has 4 rings (SSSR count). The van der Waals surface area contributed by atoms with Gasteiger partial charge in [0, 0.05) is 25.8 Å². The summed E-state index contributed by atoms with van der Waals surface area (Å²) in [4.78, 5) is 35.2. The molecule has 116 valence electrons. The van der Waals surface area contributed by atoms with Crippen LogP contribution in [0.1, 0.15) is 26.2 Å². The maximum atomic E-state index is 12.8. The lowest BCUT2D eigenvalue weighted by atomic mass is 9.99. The van der Waals surface area contributed by atoms with Crippen molar-refractivity contribution in [1.29, 1.82) is 0 Å². The number of hydrogen-bond donors (Lipinski definition) is 0. The first-order valence-corrected chi connectivity index (χ1v) is 7.92. The van der Waals surface area contributed by atoms with Crippen LogP contribution in [0, 0.1) is 0 Å². The van der Waals surface area contributed by atoms with Crippen LogP contribution in [0.25, 0.3) is 0 Å². The summed E-state index contributed by atoms with van der Waals surface area (Å²) in [7, 11) is 0. The monoisotopic (exact) mass is 300 g/mol. The van der Waals surface area contributed by atoms with E-state index in [9.17, 15) is 9.59 Å². The number of imide groups is 1. The quantitative estimate of drug-likeness (QED) is 0.776. The molecule has 1 aromatic heterocycles. The predicted molar refractivity (Wildman–Crippen MR) is 81.4 cm³/mol. The van der Waals surface area contributed by atoms with Gasteiger partial charge in [0.2, 0.25) is 0 Å². The molecule has 6 nitrogen and oxygen atoms in total. The smallest absolute Gasteiger partial charge is 0.327 e. The predicted octanol–water partition coefficient (Wildman–Crippen LogP) is 1.48. The van der Waals surface area contributed by atoms with Gasteiger partial charge in [-0.3, -0.25) is 9.69 Å². The van der Waals surface area contributed by atoms with Gasteiger partial charge < -0.3 is 9.80 Å². The third-order valence-corrected chi connectivity index (χ3v) is 5.26. The molecule has 6 heteroatoms. The van der Waals surface area contributed by atoms with Gasteiger partial charge in [-0.25, -0.2) is 9.78 Å². The number of hydrogen-bond acceptors (Lipinski definition) is 4. The number of pyridine rings is 1. The maximum absolute atomic E-state index is 12.8. The molecular weight excluding hydrogens is 280 g/mol. The van der Waals surface area contributed by atoms with Gasteiger partial charge in [-0.05, 0) is 38.3 Å². The molecule has 0 N–H and O–H groups in total. The van der Waals surface area contributed by atoms with Gasteiger partial charge in [0.05, 0.1) is 6.04 Å². The van der Waals surface area contributed by atoms with Crippen LogP contribution in [-0.4, -0.2) is 57.9 Å². The number of urea groups is 1. The fourth-order valence-electron chi connectivity index (χ4n) is 3.99. The number of rotatable bonds is 2. The molecule has 22 heavy (non-hydrogen) atoms. The van der Waals surface area contributed by atoms with Crippen LogP contribution >= 0.6 is 0 Å². The van der Waals surface area contributed by atoms with Crippen molar-refractivity contribution in [1.82, 2.24) is 14.8 Å². The van der Waals surface area contributed by atoms with E-state index in [0.29, 0.717) is 13.1 Å². The summed E-state index contributed by atoms with van der Waals surface area (Å²) < 4.78 is 0. The van der Waals surface area contributed by atoms with Crippen LogP contribution in [0.4, 0.5) is 10.6 Å². The molecule has 3 aliphatic rings. The lowest BCUT2D eigenvalue weighted by Gasteiger charge is -2.24. The van der Waals surface area contributed by atoms with E-state index in [-0.39, 0.29) is 18.0 Å². The van der Waals surface area contributed by atoms with Crippen LogP contribution in [0.5, 0.6) is 0 Å². The molecule has 1 aromatic rings. The van der Waals surface area contributed by atoms with E-state index < -0.39 is 5.54 Å². The number of nitrogens with zero attached hydrogens (tertiary/aromatic N) is 4. The highest BCUT2D eigenvalue weighted by atomic mass is 16.2. The van der Waals surface area contributed by atoms with Gasteiger partial charge in [0.15, 0.2) is 0 Å². The van der Waals surface area contributed by atoms with Crippen LogP contribution in [0.15, 0.2) is 24.4 Å². The molecule has 0 aromatic carbocycles. The van der Waals surface area contributed by atoms with Gasteiger partial charge >= 0.3 is 6.03 Å². The molecule has 0 unspecified atom stereocenters. The topological polar surface area (TPSA) is 56.8 Å². The largest absolute Gasteiger partial charge is 0.354 e. The van der Waals surface area contributed by atoms with Gasteiger partial charge in [-0.2, -0.15) is 0 Å². The van der Waals surface area contributed by atoms with Crippen LogP contribution in [0.3, 0.4) is 0 Å². The van der Waals surface area contributed by atoms with E-state index in [4.69, 9.17) is 0 Å².